The lowest BCUT2D eigenvalue weighted by Gasteiger charge is -2.04. The number of alkyl carbamates (subject to hydrolysis) is 1. The minimum atomic E-state index is -0.981. The number of nitrogens with one attached hydrogen (secondary N) is 1. The van der Waals surface area contributed by atoms with Crippen LogP contribution in [0.25, 0.3) is 0 Å². The van der Waals surface area contributed by atoms with Gasteiger partial charge in [0.2, 0.25) is 0 Å². The number of imide groups is 1. The standard InChI is InChI=1S/C11H9ClN2O5/c1-7(12)6-19-11(16)13-10(15)8-2-4-9(5-3-8)14(17)18/h2-5H,1,6H2,(H,13,15,16). The number of nitro benzene ring substituents is 1. The topological polar surface area (TPSA) is 98.5 Å². The number of halogens is 1. The molecule has 0 heterocycles. The molecule has 0 unspecified atom stereocenters. The SMILES string of the molecule is C=C(Cl)COC(=O)NC(=O)c1ccc([N+](=O)[O-])cc1. The van der Waals surface area contributed by atoms with Crippen LogP contribution in [-0.4, -0.2) is 23.5 Å². The van der Waals surface area contributed by atoms with Gasteiger partial charge in [0.15, 0.2) is 0 Å². The Hall–Kier alpha value is -2.41. The molecule has 0 atom stereocenters. The van der Waals surface area contributed by atoms with E-state index in [1.165, 1.54) is 12.1 Å². The van der Waals surface area contributed by atoms with Crippen LogP contribution in [-0.2, 0) is 4.74 Å². The van der Waals surface area contributed by atoms with Gasteiger partial charge in [-0.15, -0.1) is 0 Å². The zero-order chi connectivity index (χ0) is 14.4. The highest BCUT2D eigenvalue weighted by Crippen LogP contribution is 2.11. The smallest absolute Gasteiger partial charge is 0.414 e. The van der Waals surface area contributed by atoms with Crippen LogP contribution in [0.3, 0.4) is 0 Å². The molecule has 0 bridgehead atoms. The fourth-order valence-corrected chi connectivity index (χ4v) is 1.13. The lowest BCUT2D eigenvalue weighted by molar-refractivity contribution is -0.384. The van der Waals surface area contributed by atoms with Crippen LogP contribution in [0.2, 0.25) is 0 Å². The van der Waals surface area contributed by atoms with Crippen molar-refractivity contribution in [3.05, 3.63) is 51.6 Å². The van der Waals surface area contributed by atoms with Gasteiger partial charge in [0.25, 0.3) is 11.6 Å². The Labute approximate surface area is 113 Å². The number of non-ortho nitro benzene ring substituents is 1. The number of rotatable bonds is 4. The van der Waals surface area contributed by atoms with Crippen molar-refractivity contribution in [3.8, 4) is 0 Å². The number of ether oxygens (including phenoxy) is 1. The molecular formula is C11H9ClN2O5. The predicted octanol–water partition coefficient (Wildman–Crippen LogP) is 2.21. The molecule has 0 aromatic heterocycles. The second-order valence-electron chi connectivity index (χ2n) is 3.35. The Kier molecular flexibility index (Phi) is 5.01. The Morgan fingerprint density at radius 3 is 2.42 bits per heavy atom. The van der Waals surface area contributed by atoms with E-state index in [0.29, 0.717) is 0 Å². The highest BCUT2D eigenvalue weighted by atomic mass is 35.5. The van der Waals surface area contributed by atoms with E-state index in [1.807, 2.05) is 5.32 Å². The molecule has 100 valence electrons. The summed E-state index contributed by atoms with van der Waals surface area (Å²) in [5, 5.41) is 12.5. The summed E-state index contributed by atoms with van der Waals surface area (Å²) < 4.78 is 4.55. The third kappa shape index (κ3) is 4.76. The lowest BCUT2D eigenvalue weighted by Crippen LogP contribution is -2.31. The first kappa shape index (κ1) is 14.7. The molecular weight excluding hydrogens is 276 g/mol. The normalized spacial score (nSPS) is 9.53. The molecule has 0 saturated carbocycles. The van der Waals surface area contributed by atoms with Crippen LogP contribution in [0.15, 0.2) is 35.9 Å². The Bertz CT molecular complexity index is 526. The van der Waals surface area contributed by atoms with E-state index in [9.17, 15) is 19.7 Å². The van der Waals surface area contributed by atoms with Gasteiger partial charge in [-0.05, 0) is 12.1 Å². The van der Waals surface area contributed by atoms with Crippen LogP contribution >= 0.6 is 11.6 Å². The minimum absolute atomic E-state index is 0.0900. The summed E-state index contributed by atoms with van der Waals surface area (Å²) in [6.45, 7) is 3.08. The first-order chi connectivity index (χ1) is 8.90. The third-order valence-corrected chi connectivity index (χ3v) is 2.02. The van der Waals surface area contributed by atoms with Crippen LogP contribution < -0.4 is 5.32 Å². The van der Waals surface area contributed by atoms with Gasteiger partial charge in [0.1, 0.15) is 6.61 Å². The molecule has 0 radical (unpaired) electrons. The molecule has 0 aliphatic carbocycles. The third-order valence-electron chi connectivity index (χ3n) is 1.92. The molecule has 1 N–H and O–H groups in total. The van der Waals surface area contributed by atoms with Crippen molar-refractivity contribution in [1.29, 1.82) is 0 Å². The molecule has 0 saturated heterocycles. The van der Waals surface area contributed by atoms with Crippen LogP contribution in [0.5, 0.6) is 0 Å². The molecule has 0 fully saturated rings. The highest BCUT2D eigenvalue weighted by molar-refractivity contribution is 6.29. The lowest BCUT2D eigenvalue weighted by atomic mass is 10.2. The van der Waals surface area contributed by atoms with E-state index in [2.05, 4.69) is 11.3 Å². The summed E-state index contributed by atoms with van der Waals surface area (Å²) in [7, 11) is 0. The first-order valence-electron chi connectivity index (χ1n) is 4.96. The number of hydrogen-bond donors (Lipinski definition) is 1. The minimum Gasteiger partial charge on any atom is -0.443 e. The van der Waals surface area contributed by atoms with E-state index in [0.717, 1.165) is 12.1 Å². The fourth-order valence-electron chi connectivity index (χ4n) is 1.08. The second kappa shape index (κ2) is 6.50. The highest BCUT2D eigenvalue weighted by Gasteiger charge is 2.13. The van der Waals surface area contributed by atoms with Crippen LogP contribution in [0, 0.1) is 10.1 Å². The maximum Gasteiger partial charge on any atom is 0.414 e. The van der Waals surface area contributed by atoms with Crippen molar-refractivity contribution in [1.82, 2.24) is 5.32 Å². The van der Waals surface area contributed by atoms with Gasteiger partial charge in [0.05, 0.1) is 4.92 Å². The van der Waals surface area contributed by atoms with Crippen molar-refractivity contribution in [2.24, 2.45) is 0 Å². The quantitative estimate of drug-likeness (QED) is 0.675. The average Bonchev–Trinajstić information content (AvgIpc) is 2.36. The van der Waals surface area contributed by atoms with E-state index < -0.39 is 16.9 Å². The van der Waals surface area contributed by atoms with Crippen molar-refractivity contribution in [2.75, 3.05) is 6.61 Å². The Morgan fingerprint density at radius 2 is 1.95 bits per heavy atom. The van der Waals surface area contributed by atoms with Crippen molar-refractivity contribution >= 4 is 29.3 Å². The van der Waals surface area contributed by atoms with E-state index >= 15 is 0 Å². The van der Waals surface area contributed by atoms with Gasteiger partial charge in [0, 0.05) is 22.7 Å². The molecule has 0 aliphatic rings. The second-order valence-corrected chi connectivity index (χ2v) is 3.89. The average molecular weight is 285 g/mol. The summed E-state index contributed by atoms with van der Waals surface area (Å²) >= 11 is 5.37. The van der Waals surface area contributed by atoms with E-state index in [-0.39, 0.29) is 22.9 Å². The number of nitro groups is 1. The Balaban J connectivity index is 2.60. The van der Waals surface area contributed by atoms with Crippen molar-refractivity contribution < 1.29 is 19.2 Å². The summed E-state index contributed by atoms with van der Waals surface area (Å²) in [5.74, 6) is -0.736. The summed E-state index contributed by atoms with van der Waals surface area (Å²) in [4.78, 5) is 32.5. The summed E-state index contributed by atoms with van der Waals surface area (Å²) in [6.07, 6.45) is -0.981. The molecule has 7 nitrogen and oxygen atoms in total. The van der Waals surface area contributed by atoms with Crippen LogP contribution in [0.4, 0.5) is 10.5 Å². The number of hydrogen-bond acceptors (Lipinski definition) is 5. The van der Waals surface area contributed by atoms with E-state index in [1.54, 1.807) is 0 Å². The molecule has 1 aromatic rings. The number of benzene rings is 1. The van der Waals surface area contributed by atoms with Gasteiger partial charge < -0.3 is 4.74 Å². The number of carbonyl (C=O) groups is 2. The van der Waals surface area contributed by atoms with Crippen molar-refractivity contribution in [2.45, 2.75) is 0 Å². The first-order valence-corrected chi connectivity index (χ1v) is 5.34. The van der Waals surface area contributed by atoms with Gasteiger partial charge in [-0.25, -0.2) is 4.79 Å². The van der Waals surface area contributed by atoms with Crippen LogP contribution in [0.1, 0.15) is 10.4 Å². The molecule has 2 amide bonds. The maximum atomic E-state index is 11.5. The van der Waals surface area contributed by atoms with Gasteiger partial charge in [-0.3, -0.25) is 20.2 Å². The Morgan fingerprint density at radius 1 is 1.37 bits per heavy atom. The molecule has 0 aliphatic heterocycles. The molecule has 1 aromatic carbocycles. The maximum absolute atomic E-state index is 11.5. The van der Waals surface area contributed by atoms with Gasteiger partial charge in [-0.2, -0.15) is 0 Å². The number of nitrogens with zero attached hydrogens (tertiary/aromatic N) is 1. The molecule has 0 spiro atoms. The van der Waals surface area contributed by atoms with E-state index in [4.69, 9.17) is 11.6 Å². The van der Waals surface area contributed by atoms with Crippen molar-refractivity contribution in [3.63, 3.8) is 0 Å². The molecule has 19 heavy (non-hydrogen) atoms. The number of amides is 2. The molecule has 8 heteroatoms. The monoisotopic (exact) mass is 284 g/mol. The van der Waals surface area contributed by atoms with Gasteiger partial charge >= 0.3 is 6.09 Å². The molecule has 1 rings (SSSR count). The summed E-state index contributed by atoms with van der Waals surface area (Å²) in [5.41, 5.74) is -0.0650. The zero-order valence-electron chi connectivity index (χ0n) is 9.59. The largest absolute Gasteiger partial charge is 0.443 e. The van der Waals surface area contributed by atoms with Gasteiger partial charge in [-0.1, -0.05) is 18.2 Å². The number of carbonyl (C=O) groups excluding carboxylic acids is 2. The fraction of sp³-hybridized carbons (Fsp3) is 0.0909. The zero-order valence-corrected chi connectivity index (χ0v) is 10.3. The predicted molar refractivity (Wildman–Crippen MR) is 66.9 cm³/mol. The summed E-state index contributed by atoms with van der Waals surface area (Å²) in [6, 6.07) is 4.75.